The van der Waals surface area contributed by atoms with E-state index in [1.165, 1.54) is 5.69 Å². The first kappa shape index (κ1) is 18.6. The minimum absolute atomic E-state index is 0.190. The van der Waals surface area contributed by atoms with Crippen LogP contribution < -0.4 is 4.90 Å². The summed E-state index contributed by atoms with van der Waals surface area (Å²) in [4.78, 5) is 27.3. The molecule has 0 spiro atoms. The van der Waals surface area contributed by atoms with Crippen LogP contribution in [0.2, 0.25) is 0 Å². The van der Waals surface area contributed by atoms with E-state index in [0.29, 0.717) is 12.1 Å². The second kappa shape index (κ2) is 7.36. The Bertz CT molecular complexity index is 997. The average molecular weight is 378 g/mol. The van der Waals surface area contributed by atoms with Gasteiger partial charge in [0.05, 0.1) is 25.1 Å². The average Bonchev–Trinajstić information content (AvgIpc) is 3.10. The van der Waals surface area contributed by atoms with Gasteiger partial charge in [-0.05, 0) is 12.1 Å². The summed E-state index contributed by atoms with van der Waals surface area (Å²) in [7, 11) is 0. The number of morpholine rings is 1. The third-order valence-electron chi connectivity index (χ3n) is 5.17. The molecule has 0 unspecified atom stereocenters. The SMILES string of the molecule is CC(C)(C)C(=O)Cc1c[nH]c2ncc(-c3cccc(N4CCOCC4)c3)nc12. The molecule has 0 bridgehead atoms. The van der Waals surface area contributed by atoms with Crippen molar-refractivity contribution in [1.82, 2.24) is 15.0 Å². The number of carbonyl (C=O) groups excluding carboxylic acids is 1. The number of rotatable bonds is 4. The number of hydrogen-bond acceptors (Lipinski definition) is 5. The maximum absolute atomic E-state index is 12.5. The van der Waals surface area contributed by atoms with Gasteiger partial charge in [-0.2, -0.15) is 0 Å². The molecule has 146 valence electrons. The van der Waals surface area contributed by atoms with Crippen molar-refractivity contribution in [2.45, 2.75) is 27.2 Å². The molecule has 28 heavy (non-hydrogen) atoms. The molecule has 0 aliphatic carbocycles. The second-order valence-corrected chi connectivity index (χ2v) is 8.27. The fourth-order valence-electron chi connectivity index (χ4n) is 3.34. The summed E-state index contributed by atoms with van der Waals surface area (Å²) >= 11 is 0. The summed E-state index contributed by atoms with van der Waals surface area (Å²) in [5.74, 6) is 0.190. The molecule has 0 saturated carbocycles. The molecule has 1 saturated heterocycles. The predicted octanol–water partition coefficient (Wildman–Crippen LogP) is 3.62. The molecule has 1 N–H and O–H groups in total. The van der Waals surface area contributed by atoms with Crippen molar-refractivity contribution in [2.24, 2.45) is 5.41 Å². The number of fused-ring (bicyclic) bond motifs is 1. The van der Waals surface area contributed by atoms with Crippen LogP contribution in [-0.4, -0.2) is 47.0 Å². The minimum atomic E-state index is -0.374. The van der Waals surface area contributed by atoms with E-state index in [-0.39, 0.29) is 11.2 Å². The normalized spacial score (nSPS) is 15.2. The first-order valence-corrected chi connectivity index (χ1v) is 9.71. The van der Waals surface area contributed by atoms with E-state index in [4.69, 9.17) is 9.72 Å². The molecule has 1 fully saturated rings. The lowest BCUT2D eigenvalue weighted by molar-refractivity contribution is -0.125. The molecule has 3 heterocycles. The highest BCUT2D eigenvalue weighted by Crippen LogP contribution is 2.27. The van der Waals surface area contributed by atoms with Gasteiger partial charge >= 0.3 is 0 Å². The third-order valence-corrected chi connectivity index (χ3v) is 5.17. The second-order valence-electron chi connectivity index (χ2n) is 8.27. The van der Waals surface area contributed by atoms with Crippen molar-refractivity contribution >= 4 is 22.6 Å². The lowest BCUT2D eigenvalue weighted by atomic mass is 9.87. The van der Waals surface area contributed by atoms with E-state index in [1.54, 1.807) is 6.20 Å². The van der Waals surface area contributed by atoms with Crippen LogP contribution in [-0.2, 0) is 16.0 Å². The van der Waals surface area contributed by atoms with Gasteiger partial charge in [-0.3, -0.25) is 4.79 Å². The number of anilines is 1. The van der Waals surface area contributed by atoms with Crippen LogP contribution >= 0.6 is 0 Å². The van der Waals surface area contributed by atoms with Crippen molar-refractivity contribution in [3.63, 3.8) is 0 Å². The molecular formula is C22H26N4O2. The van der Waals surface area contributed by atoms with Gasteiger partial charge in [0, 0.05) is 47.9 Å². The number of carbonyl (C=O) groups is 1. The minimum Gasteiger partial charge on any atom is -0.378 e. The molecule has 6 nitrogen and oxygen atoms in total. The van der Waals surface area contributed by atoms with Crippen LogP contribution in [0.3, 0.4) is 0 Å². The zero-order valence-corrected chi connectivity index (χ0v) is 16.7. The monoisotopic (exact) mass is 378 g/mol. The van der Waals surface area contributed by atoms with Crippen LogP contribution in [0.1, 0.15) is 26.3 Å². The topological polar surface area (TPSA) is 71.1 Å². The molecule has 6 heteroatoms. The Labute approximate surface area is 164 Å². The number of aromatic nitrogens is 3. The third kappa shape index (κ3) is 3.78. The Kier molecular flexibility index (Phi) is 4.89. The number of nitrogens with zero attached hydrogens (tertiary/aromatic N) is 3. The number of hydrogen-bond donors (Lipinski definition) is 1. The quantitative estimate of drug-likeness (QED) is 0.751. The van der Waals surface area contributed by atoms with Gasteiger partial charge < -0.3 is 14.6 Å². The Morgan fingerprint density at radius 2 is 2.04 bits per heavy atom. The Balaban J connectivity index is 1.66. The molecule has 1 aromatic carbocycles. The maximum atomic E-state index is 12.5. The summed E-state index contributed by atoms with van der Waals surface area (Å²) in [6.45, 7) is 9.13. The van der Waals surface area contributed by atoms with E-state index in [9.17, 15) is 4.79 Å². The van der Waals surface area contributed by atoms with Gasteiger partial charge in [-0.15, -0.1) is 0 Å². The van der Waals surface area contributed by atoms with E-state index in [0.717, 1.165) is 48.6 Å². The number of H-pyrrole nitrogens is 1. The zero-order valence-electron chi connectivity index (χ0n) is 16.7. The van der Waals surface area contributed by atoms with Crippen LogP contribution in [0.15, 0.2) is 36.7 Å². The van der Waals surface area contributed by atoms with Crippen molar-refractivity contribution < 1.29 is 9.53 Å². The fraction of sp³-hybridized carbons (Fsp3) is 0.409. The van der Waals surface area contributed by atoms with Gasteiger partial charge in [0.2, 0.25) is 0 Å². The summed E-state index contributed by atoms with van der Waals surface area (Å²) in [5, 5.41) is 0. The highest BCUT2D eigenvalue weighted by molar-refractivity contribution is 5.90. The zero-order chi connectivity index (χ0) is 19.7. The molecular weight excluding hydrogens is 352 g/mol. The highest BCUT2D eigenvalue weighted by atomic mass is 16.5. The van der Waals surface area contributed by atoms with Crippen molar-refractivity contribution in [3.05, 3.63) is 42.2 Å². The van der Waals surface area contributed by atoms with Crippen molar-refractivity contribution in [1.29, 1.82) is 0 Å². The lowest BCUT2D eigenvalue weighted by Crippen LogP contribution is -2.36. The molecule has 2 aromatic heterocycles. The van der Waals surface area contributed by atoms with Gasteiger partial charge in [0.25, 0.3) is 0 Å². The lowest BCUT2D eigenvalue weighted by Gasteiger charge is -2.29. The number of ether oxygens (including phenoxy) is 1. The first-order valence-electron chi connectivity index (χ1n) is 9.71. The Morgan fingerprint density at radius 3 is 2.79 bits per heavy atom. The number of nitrogens with one attached hydrogen (secondary N) is 1. The van der Waals surface area contributed by atoms with Crippen LogP contribution in [0.5, 0.6) is 0 Å². The first-order chi connectivity index (χ1) is 13.4. The summed E-state index contributed by atoms with van der Waals surface area (Å²) < 4.78 is 5.45. The summed E-state index contributed by atoms with van der Waals surface area (Å²) in [5.41, 5.74) is 5.01. The maximum Gasteiger partial charge on any atom is 0.156 e. The molecule has 0 amide bonds. The van der Waals surface area contributed by atoms with E-state index < -0.39 is 0 Å². The van der Waals surface area contributed by atoms with Gasteiger partial charge in [-0.1, -0.05) is 32.9 Å². The van der Waals surface area contributed by atoms with Crippen molar-refractivity contribution in [3.8, 4) is 11.3 Å². The molecule has 0 atom stereocenters. The molecule has 3 aromatic rings. The number of ketones is 1. The summed E-state index contributed by atoms with van der Waals surface area (Å²) in [6, 6.07) is 8.36. The van der Waals surface area contributed by atoms with Crippen LogP contribution in [0, 0.1) is 5.41 Å². The Morgan fingerprint density at radius 1 is 1.25 bits per heavy atom. The van der Waals surface area contributed by atoms with Crippen LogP contribution in [0.25, 0.3) is 22.4 Å². The smallest absolute Gasteiger partial charge is 0.156 e. The largest absolute Gasteiger partial charge is 0.378 e. The van der Waals surface area contributed by atoms with Crippen molar-refractivity contribution in [2.75, 3.05) is 31.2 Å². The number of Topliss-reactive ketones (excluding diaryl/α,β-unsaturated/α-hetero) is 1. The predicted molar refractivity (Wildman–Crippen MR) is 111 cm³/mol. The van der Waals surface area contributed by atoms with E-state index in [2.05, 4.69) is 27.0 Å². The molecule has 4 rings (SSSR count). The molecule has 1 aliphatic rings. The number of benzene rings is 1. The summed E-state index contributed by atoms with van der Waals surface area (Å²) in [6.07, 6.45) is 3.99. The number of aromatic amines is 1. The highest BCUT2D eigenvalue weighted by Gasteiger charge is 2.23. The van der Waals surface area contributed by atoms with Gasteiger partial charge in [0.15, 0.2) is 5.65 Å². The molecule has 1 aliphatic heterocycles. The standard InChI is InChI=1S/C22H26N4O2/c1-22(2,3)19(27)12-16-13-23-21-20(16)25-18(14-24-21)15-5-4-6-17(11-15)26-7-9-28-10-8-26/h4-6,11,13-14H,7-10,12H2,1-3H3,(H,23,24). The van der Waals surface area contributed by atoms with E-state index in [1.807, 2.05) is 39.1 Å². The Hall–Kier alpha value is -2.73. The van der Waals surface area contributed by atoms with Gasteiger partial charge in [-0.25, -0.2) is 9.97 Å². The van der Waals surface area contributed by atoms with E-state index >= 15 is 0 Å². The van der Waals surface area contributed by atoms with Crippen LogP contribution in [0.4, 0.5) is 5.69 Å². The fourth-order valence-corrected chi connectivity index (χ4v) is 3.34. The van der Waals surface area contributed by atoms with Gasteiger partial charge in [0.1, 0.15) is 11.3 Å². The molecule has 0 radical (unpaired) electrons.